The molecule has 1 unspecified atom stereocenters. The molecule has 1 heterocycles. The summed E-state index contributed by atoms with van der Waals surface area (Å²) >= 11 is 0. The summed E-state index contributed by atoms with van der Waals surface area (Å²) < 4.78 is 5.22. The van der Waals surface area contributed by atoms with Crippen LogP contribution in [0.2, 0.25) is 0 Å². The van der Waals surface area contributed by atoms with Gasteiger partial charge >= 0.3 is 0 Å². The normalized spacial score (nSPS) is 19.4. The second-order valence-electron chi connectivity index (χ2n) is 4.04. The molecule has 0 spiro atoms. The second kappa shape index (κ2) is 5.05. The lowest BCUT2D eigenvalue weighted by molar-refractivity contribution is -0.132. The Balaban J connectivity index is 1.86. The van der Waals surface area contributed by atoms with E-state index < -0.39 is 6.10 Å². The van der Waals surface area contributed by atoms with Crippen LogP contribution in [-0.4, -0.2) is 46.8 Å². The molecule has 5 nitrogen and oxygen atoms in total. The van der Waals surface area contributed by atoms with Gasteiger partial charge in [-0.2, -0.15) is 0 Å². The van der Waals surface area contributed by atoms with Crippen molar-refractivity contribution in [2.75, 3.05) is 19.7 Å². The molecular formula is C12H15NO4. The molecule has 1 aromatic rings. The zero-order valence-corrected chi connectivity index (χ0v) is 9.37. The number of amides is 1. The van der Waals surface area contributed by atoms with Gasteiger partial charge in [0.2, 0.25) is 0 Å². The van der Waals surface area contributed by atoms with Crippen LogP contribution in [0.5, 0.6) is 11.5 Å². The number of benzene rings is 1. The zero-order valence-electron chi connectivity index (χ0n) is 9.37. The third-order valence-electron chi connectivity index (χ3n) is 2.73. The maximum absolute atomic E-state index is 11.7. The number of nitrogens with zero attached hydrogens (tertiary/aromatic N) is 1. The number of phenolic OH excluding ortho intramolecular Hbond substituents is 1. The second-order valence-corrected chi connectivity index (χ2v) is 4.04. The number of phenols is 1. The fourth-order valence-electron chi connectivity index (χ4n) is 1.78. The number of aliphatic hydroxyl groups excluding tert-OH is 1. The van der Waals surface area contributed by atoms with Crippen LogP contribution >= 0.6 is 0 Å². The number of hydrogen-bond donors (Lipinski definition) is 2. The van der Waals surface area contributed by atoms with E-state index in [1.807, 2.05) is 0 Å². The molecule has 0 radical (unpaired) electrons. The fraction of sp³-hybridized carbons (Fsp3) is 0.417. The molecule has 0 aromatic heterocycles. The van der Waals surface area contributed by atoms with E-state index in [9.17, 15) is 15.0 Å². The van der Waals surface area contributed by atoms with Gasteiger partial charge in [-0.1, -0.05) is 12.1 Å². The summed E-state index contributed by atoms with van der Waals surface area (Å²) in [5.74, 6) is 0.132. The number of carbonyl (C=O) groups excluding carboxylic acids is 1. The van der Waals surface area contributed by atoms with Gasteiger partial charge in [0, 0.05) is 13.1 Å². The number of aliphatic hydroxyl groups is 1. The third kappa shape index (κ3) is 2.88. The van der Waals surface area contributed by atoms with Gasteiger partial charge in [-0.15, -0.1) is 0 Å². The molecule has 1 fully saturated rings. The Morgan fingerprint density at radius 2 is 2.24 bits per heavy atom. The summed E-state index contributed by atoms with van der Waals surface area (Å²) in [6.45, 7) is 0.803. The van der Waals surface area contributed by atoms with Gasteiger partial charge in [-0.3, -0.25) is 4.79 Å². The van der Waals surface area contributed by atoms with Crippen LogP contribution in [0.25, 0.3) is 0 Å². The van der Waals surface area contributed by atoms with Crippen LogP contribution < -0.4 is 4.74 Å². The van der Waals surface area contributed by atoms with Crippen LogP contribution in [0.3, 0.4) is 0 Å². The highest BCUT2D eigenvalue weighted by atomic mass is 16.5. The van der Waals surface area contributed by atoms with Crippen molar-refractivity contribution in [2.24, 2.45) is 0 Å². The first-order chi connectivity index (χ1) is 8.16. The average molecular weight is 237 g/mol. The van der Waals surface area contributed by atoms with Crippen molar-refractivity contribution >= 4 is 5.91 Å². The Labute approximate surface area is 99.2 Å². The number of rotatable bonds is 3. The average Bonchev–Trinajstić information content (AvgIpc) is 2.74. The topological polar surface area (TPSA) is 70.0 Å². The Kier molecular flexibility index (Phi) is 3.49. The fourth-order valence-corrected chi connectivity index (χ4v) is 1.78. The SMILES string of the molecule is O=C(COc1ccccc1O)N1CCC(O)C1. The molecular weight excluding hydrogens is 222 g/mol. The Morgan fingerprint density at radius 3 is 2.88 bits per heavy atom. The molecule has 0 saturated carbocycles. The van der Waals surface area contributed by atoms with E-state index in [0.29, 0.717) is 25.3 Å². The molecule has 1 amide bonds. The Morgan fingerprint density at radius 1 is 1.47 bits per heavy atom. The minimum Gasteiger partial charge on any atom is -0.504 e. The summed E-state index contributed by atoms with van der Waals surface area (Å²) in [6.07, 6.45) is 0.187. The van der Waals surface area contributed by atoms with Crippen molar-refractivity contribution < 1.29 is 19.7 Å². The van der Waals surface area contributed by atoms with Crippen molar-refractivity contribution in [2.45, 2.75) is 12.5 Å². The van der Waals surface area contributed by atoms with Crippen molar-refractivity contribution in [1.29, 1.82) is 0 Å². The van der Waals surface area contributed by atoms with Gasteiger partial charge < -0.3 is 19.8 Å². The molecule has 0 bridgehead atoms. The maximum atomic E-state index is 11.7. The number of aromatic hydroxyl groups is 1. The Hall–Kier alpha value is -1.75. The molecule has 17 heavy (non-hydrogen) atoms. The molecule has 1 saturated heterocycles. The summed E-state index contributed by atoms with van der Waals surface area (Å²) in [5, 5.41) is 18.7. The molecule has 92 valence electrons. The van der Waals surface area contributed by atoms with E-state index in [1.165, 1.54) is 6.07 Å². The largest absolute Gasteiger partial charge is 0.504 e. The number of para-hydroxylation sites is 2. The molecule has 1 aliphatic heterocycles. The summed E-state index contributed by atoms with van der Waals surface area (Å²) in [6, 6.07) is 6.50. The number of carbonyl (C=O) groups is 1. The quantitative estimate of drug-likeness (QED) is 0.796. The standard InChI is InChI=1S/C12H15NO4/c14-9-5-6-13(7-9)12(16)8-17-11-4-2-1-3-10(11)15/h1-4,9,14-15H,5-8H2. The first kappa shape index (κ1) is 11.7. The molecule has 2 N–H and O–H groups in total. The lowest BCUT2D eigenvalue weighted by Crippen LogP contribution is -2.33. The van der Waals surface area contributed by atoms with E-state index in [0.717, 1.165) is 0 Å². The van der Waals surface area contributed by atoms with E-state index in [4.69, 9.17) is 4.74 Å². The van der Waals surface area contributed by atoms with Crippen LogP contribution in [0.1, 0.15) is 6.42 Å². The van der Waals surface area contributed by atoms with Gasteiger partial charge in [0.15, 0.2) is 18.1 Å². The number of ether oxygens (including phenoxy) is 1. The summed E-state index contributed by atoms with van der Waals surface area (Å²) in [7, 11) is 0. The van der Waals surface area contributed by atoms with Crippen molar-refractivity contribution in [1.82, 2.24) is 4.90 Å². The predicted octanol–water partition coefficient (Wildman–Crippen LogP) is 0.364. The lowest BCUT2D eigenvalue weighted by Gasteiger charge is -2.16. The third-order valence-corrected chi connectivity index (χ3v) is 2.73. The highest BCUT2D eigenvalue weighted by Gasteiger charge is 2.24. The van der Waals surface area contributed by atoms with E-state index in [-0.39, 0.29) is 18.3 Å². The molecule has 2 rings (SSSR count). The van der Waals surface area contributed by atoms with Crippen LogP contribution in [-0.2, 0) is 4.79 Å². The van der Waals surface area contributed by atoms with Gasteiger partial charge in [0.05, 0.1) is 6.10 Å². The first-order valence-electron chi connectivity index (χ1n) is 5.53. The zero-order chi connectivity index (χ0) is 12.3. The van der Waals surface area contributed by atoms with E-state index in [1.54, 1.807) is 23.1 Å². The minimum atomic E-state index is -0.427. The van der Waals surface area contributed by atoms with Gasteiger partial charge in [-0.05, 0) is 18.6 Å². The molecule has 5 heteroatoms. The van der Waals surface area contributed by atoms with Crippen molar-refractivity contribution in [3.05, 3.63) is 24.3 Å². The smallest absolute Gasteiger partial charge is 0.260 e. The van der Waals surface area contributed by atoms with Crippen LogP contribution in [0.15, 0.2) is 24.3 Å². The predicted molar refractivity (Wildman–Crippen MR) is 60.8 cm³/mol. The summed E-state index contributed by atoms with van der Waals surface area (Å²) in [4.78, 5) is 13.2. The molecule has 1 atom stereocenters. The minimum absolute atomic E-state index is 0.0155. The highest BCUT2D eigenvalue weighted by molar-refractivity contribution is 5.78. The van der Waals surface area contributed by atoms with Crippen LogP contribution in [0.4, 0.5) is 0 Å². The van der Waals surface area contributed by atoms with E-state index in [2.05, 4.69) is 0 Å². The maximum Gasteiger partial charge on any atom is 0.260 e. The molecule has 1 aromatic carbocycles. The number of β-amino-alcohol motifs (C(OH)–C–C–N with tert-alkyl or cyclic N) is 1. The van der Waals surface area contributed by atoms with Gasteiger partial charge in [-0.25, -0.2) is 0 Å². The number of hydrogen-bond acceptors (Lipinski definition) is 4. The van der Waals surface area contributed by atoms with Crippen molar-refractivity contribution in [3.8, 4) is 11.5 Å². The lowest BCUT2D eigenvalue weighted by atomic mass is 10.3. The van der Waals surface area contributed by atoms with E-state index >= 15 is 0 Å². The summed E-state index contributed by atoms with van der Waals surface area (Å²) in [5.41, 5.74) is 0. The van der Waals surface area contributed by atoms with Crippen LogP contribution in [0, 0.1) is 0 Å². The monoisotopic (exact) mass is 237 g/mol. The highest BCUT2D eigenvalue weighted by Crippen LogP contribution is 2.24. The van der Waals surface area contributed by atoms with Crippen molar-refractivity contribution in [3.63, 3.8) is 0 Å². The van der Waals surface area contributed by atoms with Gasteiger partial charge in [0.25, 0.3) is 5.91 Å². The first-order valence-corrected chi connectivity index (χ1v) is 5.53. The van der Waals surface area contributed by atoms with Gasteiger partial charge in [0.1, 0.15) is 0 Å². The Bertz CT molecular complexity index is 407. The molecule has 0 aliphatic carbocycles. The molecule has 1 aliphatic rings. The number of likely N-dealkylation sites (tertiary alicyclic amines) is 1.